The quantitative estimate of drug-likeness (QED) is 0.837. The zero-order valence-electron chi connectivity index (χ0n) is 15.4. The van der Waals surface area contributed by atoms with Gasteiger partial charge < -0.3 is 15.1 Å². The lowest BCUT2D eigenvalue weighted by Gasteiger charge is -2.36. The Morgan fingerprint density at radius 3 is 2.37 bits per heavy atom. The summed E-state index contributed by atoms with van der Waals surface area (Å²) in [6.45, 7) is 4.48. The molecule has 27 heavy (non-hydrogen) atoms. The number of piperazine rings is 1. The van der Waals surface area contributed by atoms with Crippen LogP contribution < -0.4 is 10.2 Å². The average molecular weight is 365 g/mol. The van der Waals surface area contributed by atoms with Crippen LogP contribution in [-0.4, -0.2) is 52.9 Å². The molecule has 2 heterocycles. The molecule has 0 unspecified atom stereocenters. The van der Waals surface area contributed by atoms with E-state index in [-0.39, 0.29) is 11.8 Å². The number of benzene rings is 1. The maximum atomic E-state index is 13.0. The van der Waals surface area contributed by atoms with Crippen LogP contribution in [0.1, 0.15) is 18.4 Å². The third kappa shape index (κ3) is 3.49. The van der Waals surface area contributed by atoms with Crippen molar-refractivity contribution >= 4 is 23.5 Å². The molecule has 4 rings (SSSR count). The number of hydrogen-bond acceptors (Lipinski definition) is 5. The van der Waals surface area contributed by atoms with E-state index in [2.05, 4.69) is 20.2 Å². The van der Waals surface area contributed by atoms with Gasteiger partial charge in [-0.1, -0.05) is 12.1 Å². The molecule has 1 aliphatic heterocycles. The van der Waals surface area contributed by atoms with Crippen LogP contribution in [0.15, 0.2) is 42.7 Å². The van der Waals surface area contributed by atoms with Gasteiger partial charge in [-0.15, -0.1) is 0 Å². The molecule has 0 spiro atoms. The van der Waals surface area contributed by atoms with E-state index in [0.29, 0.717) is 45.0 Å². The molecule has 140 valence electrons. The summed E-state index contributed by atoms with van der Waals surface area (Å²) in [4.78, 5) is 38.2. The number of amides is 2. The van der Waals surface area contributed by atoms with E-state index < -0.39 is 5.41 Å². The van der Waals surface area contributed by atoms with Gasteiger partial charge in [-0.2, -0.15) is 0 Å². The molecular formula is C20H23N5O2. The molecule has 0 bridgehead atoms. The lowest BCUT2D eigenvalue weighted by molar-refractivity contribution is -0.142. The molecule has 1 aliphatic carbocycles. The molecule has 1 aromatic heterocycles. The van der Waals surface area contributed by atoms with Gasteiger partial charge in [0, 0.05) is 44.3 Å². The van der Waals surface area contributed by atoms with E-state index in [1.807, 2.05) is 36.1 Å². The fourth-order valence-corrected chi connectivity index (χ4v) is 3.50. The predicted molar refractivity (Wildman–Crippen MR) is 102 cm³/mol. The van der Waals surface area contributed by atoms with Gasteiger partial charge >= 0.3 is 0 Å². The summed E-state index contributed by atoms with van der Waals surface area (Å²) in [6, 6.07) is 9.43. The number of carbonyl (C=O) groups excluding carboxylic acids is 2. The highest BCUT2D eigenvalue weighted by atomic mass is 16.2. The van der Waals surface area contributed by atoms with Crippen LogP contribution in [0, 0.1) is 12.3 Å². The van der Waals surface area contributed by atoms with E-state index in [1.54, 1.807) is 18.5 Å². The highest BCUT2D eigenvalue weighted by Crippen LogP contribution is 2.48. The molecule has 7 nitrogen and oxygen atoms in total. The van der Waals surface area contributed by atoms with Crippen LogP contribution in [0.25, 0.3) is 0 Å². The van der Waals surface area contributed by atoms with Crippen LogP contribution >= 0.6 is 0 Å². The lowest BCUT2D eigenvalue weighted by atomic mass is 10.0. The molecule has 7 heteroatoms. The van der Waals surface area contributed by atoms with Crippen molar-refractivity contribution in [3.05, 3.63) is 48.3 Å². The normalized spacial score (nSPS) is 18.1. The van der Waals surface area contributed by atoms with Gasteiger partial charge in [0.2, 0.25) is 17.8 Å². The number of aryl methyl sites for hydroxylation is 1. The van der Waals surface area contributed by atoms with E-state index in [0.717, 1.165) is 11.3 Å². The molecule has 0 atom stereocenters. The second kappa shape index (κ2) is 6.98. The Morgan fingerprint density at radius 1 is 1.04 bits per heavy atom. The molecule has 1 aromatic carbocycles. The summed E-state index contributed by atoms with van der Waals surface area (Å²) < 4.78 is 0. The van der Waals surface area contributed by atoms with Crippen molar-refractivity contribution in [3.63, 3.8) is 0 Å². The molecule has 2 aliphatic rings. The van der Waals surface area contributed by atoms with Crippen molar-refractivity contribution < 1.29 is 9.59 Å². The minimum Gasteiger partial charge on any atom is -0.338 e. The SMILES string of the molecule is Cc1cccc(NC(=O)C2(C(=O)N3CCN(c4ncccn4)CC3)CC2)c1. The second-order valence-electron chi connectivity index (χ2n) is 7.23. The fraction of sp³-hybridized carbons (Fsp3) is 0.400. The smallest absolute Gasteiger partial charge is 0.240 e. The lowest BCUT2D eigenvalue weighted by Crippen LogP contribution is -2.53. The van der Waals surface area contributed by atoms with Gasteiger partial charge in [-0.25, -0.2) is 9.97 Å². The van der Waals surface area contributed by atoms with Crippen LogP contribution in [0.5, 0.6) is 0 Å². The number of nitrogens with zero attached hydrogens (tertiary/aromatic N) is 4. The first-order chi connectivity index (χ1) is 13.1. The van der Waals surface area contributed by atoms with Crippen LogP contribution in [-0.2, 0) is 9.59 Å². The van der Waals surface area contributed by atoms with Gasteiger partial charge in [-0.3, -0.25) is 9.59 Å². The topological polar surface area (TPSA) is 78.4 Å². The highest BCUT2D eigenvalue weighted by Gasteiger charge is 2.58. The van der Waals surface area contributed by atoms with Gasteiger partial charge in [0.1, 0.15) is 5.41 Å². The summed E-state index contributed by atoms with van der Waals surface area (Å²) in [7, 11) is 0. The van der Waals surface area contributed by atoms with E-state index in [1.165, 1.54) is 0 Å². The van der Waals surface area contributed by atoms with Gasteiger partial charge in [0.15, 0.2) is 0 Å². The highest BCUT2D eigenvalue weighted by molar-refractivity contribution is 6.13. The monoisotopic (exact) mass is 365 g/mol. The summed E-state index contributed by atoms with van der Waals surface area (Å²) in [5.74, 6) is 0.441. The number of aromatic nitrogens is 2. The molecule has 1 saturated heterocycles. The number of hydrogen-bond donors (Lipinski definition) is 1. The van der Waals surface area contributed by atoms with Crippen molar-refractivity contribution in [1.29, 1.82) is 0 Å². The largest absolute Gasteiger partial charge is 0.338 e. The zero-order chi connectivity index (χ0) is 18.9. The Bertz CT molecular complexity index is 842. The van der Waals surface area contributed by atoms with Crippen molar-refractivity contribution in [2.24, 2.45) is 5.41 Å². The minimum atomic E-state index is -0.894. The molecule has 2 fully saturated rings. The maximum absolute atomic E-state index is 13.0. The summed E-state index contributed by atoms with van der Waals surface area (Å²) in [6.07, 6.45) is 4.67. The third-order valence-electron chi connectivity index (χ3n) is 5.27. The first-order valence-corrected chi connectivity index (χ1v) is 9.28. The Kier molecular flexibility index (Phi) is 4.51. The minimum absolute atomic E-state index is 0.0544. The number of carbonyl (C=O) groups is 2. The van der Waals surface area contributed by atoms with Gasteiger partial charge in [0.25, 0.3) is 0 Å². The van der Waals surface area contributed by atoms with Gasteiger partial charge in [0.05, 0.1) is 0 Å². The third-order valence-corrected chi connectivity index (χ3v) is 5.27. The molecular weight excluding hydrogens is 342 g/mol. The van der Waals surface area contributed by atoms with E-state index in [4.69, 9.17) is 0 Å². The van der Waals surface area contributed by atoms with Crippen LogP contribution in [0.3, 0.4) is 0 Å². The molecule has 2 amide bonds. The number of anilines is 2. The maximum Gasteiger partial charge on any atom is 0.240 e. The van der Waals surface area contributed by atoms with Crippen molar-refractivity contribution in [2.45, 2.75) is 19.8 Å². The summed E-state index contributed by atoms with van der Waals surface area (Å²) in [5.41, 5.74) is 0.920. The van der Waals surface area contributed by atoms with Crippen LogP contribution in [0.2, 0.25) is 0 Å². The van der Waals surface area contributed by atoms with E-state index in [9.17, 15) is 9.59 Å². The average Bonchev–Trinajstić information content (AvgIpc) is 3.50. The second-order valence-corrected chi connectivity index (χ2v) is 7.23. The predicted octanol–water partition coefficient (Wildman–Crippen LogP) is 1.85. The van der Waals surface area contributed by atoms with E-state index >= 15 is 0 Å². The first-order valence-electron chi connectivity index (χ1n) is 9.28. The summed E-state index contributed by atoms with van der Waals surface area (Å²) in [5, 5.41) is 2.92. The zero-order valence-corrected chi connectivity index (χ0v) is 15.4. The Balaban J connectivity index is 1.38. The van der Waals surface area contributed by atoms with Crippen LogP contribution in [0.4, 0.5) is 11.6 Å². The van der Waals surface area contributed by atoms with Crippen molar-refractivity contribution in [1.82, 2.24) is 14.9 Å². The number of rotatable bonds is 4. The standard InChI is InChI=1S/C20H23N5O2/c1-15-4-2-5-16(14-15)23-17(26)20(6-7-20)18(27)24-10-12-25(13-11-24)19-21-8-3-9-22-19/h2-5,8-9,14H,6-7,10-13H2,1H3,(H,23,26). The fourth-order valence-electron chi connectivity index (χ4n) is 3.50. The Hall–Kier alpha value is -2.96. The Labute approximate surface area is 158 Å². The van der Waals surface area contributed by atoms with Crippen molar-refractivity contribution in [3.8, 4) is 0 Å². The first kappa shape index (κ1) is 17.5. The Morgan fingerprint density at radius 2 is 1.74 bits per heavy atom. The molecule has 2 aromatic rings. The molecule has 1 N–H and O–H groups in total. The van der Waals surface area contributed by atoms with Crippen molar-refractivity contribution in [2.75, 3.05) is 36.4 Å². The van der Waals surface area contributed by atoms with Gasteiger partial charge in [-0.05, 0) is 43.5 Å². The molecule has 1 saturated carbocycles. The number of nitrogens with one attached hydrogen (secondary N) is 1. The summed E-state index contributed by atoms with van der Waals surface area (Å²) >= 11 is 0. The molecule has 0 radical (unpaired) electrons.